The molecule has 55 heavy (non-hydrogen) atoms. The van der Waals surface area contributed by atoms with Crippen LogP contribution in [0.25, 0.3) is 82.1 Å². The Morgan fingerprint density at radius 1 is 0.564 bits per heavy atom. The van der Waals surface area contributed by atoms with E-state index in [1.54, 1.807) is 43.3 Å². The summed E-state index contributed by atoms with van der Waals surface area (Å²) in [6, 6.07) is 46.1. The predicted molar refractivity (Wildman–Crippen MR) is 211 cm³/mol. The first-order chi connectivity index (χ1) is 26.7. The van der Waals surface area contributed by atoms with Gasteiger partial charge in [-0.25, -0.2) is 4.85 Å². The van der Waals surface area contributed by atoms with Crippen molar-refractivity contribution in [1.29, 1.82) is 10.5 Å². The number of halogens is 3. The van der Waals surface area contributed by atoms with Crippen molar-refractivity contribution < 1.29 is 13.2 Å². The molecular formula is C47H26F3N5. The van der Waals surface area contributed by atoms with Gasteiger partial charge in [-0.1, -0.05) is 60.7 Å². The van der Waals surface area contributed by atoms with Crippen LogP contribution in [0.4, 0.5) is 18.9 Å². The second-order valence-electron chi connectivity index (χ2n) is 13.4. The number of aryl methyl sites for hydroxylation is 1. The molecule has 0 fully saturated rings. The molecule has 8 heteroatoms. The minimum Gasteiger partial charge on any atom is -0.309 e. The smallest absolute Gasteiger partial charge is 0.309 e. The van der Waals surface area contributed by atoms with Crippen molar-refractivity contribution in [2.45, 2.75) is 13.1 Å². The summed E-state index contributed by atoms with van der Waals surface area (Å²) in [5.74, 6) is 0. The average Bonchev–Trinajstić information content (AvgIpc) is 3.72. The van der Waals surface area contributed by atoms with Crippen LogP contribution in [0, 0.1) is 36.2 Å². The zero-order valence-corrected chi connectivity index (χ0v) is 29.1. The van der Waals surface area contributed by atoms with Gasteiger partial charge in [0.05, 0.1) is 63.2 Å². The van der Waals surface area contributed by atoms with E-state index in [0.717, 1.165) is 49.7 Å². The molecule has 0 amide bonds. The van der Waals surface area contributed by atoms with Crippen molar-refractivity contribution in [3.8, 4) is 45.8 Å². The molecule has 9 rings (SSSR count). The maximum absolute atomic E-state index is 14.9. The lowest BCUT2D eigenvalue weighted by Gasteiger charge is -2.22. The van der Waals surface area contributed by atoms with E-state index in [0.29, 0.717) is 50.4 Å². The van der Waals surface area contributed by atoms with Crippen LogP contribution in [0.15, 0.2) is 140 Å². The highest BCUT2D eigenvalue weighted by Crippen LogP contribution is 2.46. The zero-order valence-electron chi connectivity index (χ0n) is 29.1. The van der Waals surface area contributed by atoms with Gasteiger partial charge < -0.3 is 9.13 Å². The van der Waals surface area contributed by atoms with Crippen LogP contribution in [0.2, 0.25) is 0 Å². The average molecular weight is 718 g/mol. The molecule has 0 aliphatic rings. The Balaban J connectivity index is 1.43. The van der Waals surface area contributed by atoms with Crippen LogP contribution in [0.1, 0.15) is 22.3 Å². The molecule has 0 saturated carbocycles. The van der Waals surface area contributed by atoms with Gasteiger partial charge in [0.15, 0.2) is 5.69 Å². The van der Waals surface area contributed by atoms with Crippen molar-refractivity contribution in [1.82, 2.24) is 9.13 Å². The molecule has 0 N–H and O–H groups in total. The summed E-state index contributed by atoms with van der Waals surface area (Å²) in [5.41, 5.74) is 7.16. The van der Waals surface area contributed by atoms with Crippen LogP contribution >= 0.6 is 0 Å². The summed E-state index contributed by atoms with van der Waals surface area (Å²) in [7, 11) is 0. The Labute approximate surface area is 313 Å². The second kappa shape index (κ2) is 12.5. The molecule has 9 aromatic rings. The van der Waals surface area contributed by atoms with E-state index in [4.69, 9.17) is 6.57 Å². The summed E-state index contributed by atoms with van der Waals surface area (Å²) in [6.45, 7) is 9.31. The summed E-state index contributed by atoms with van der Waals surface area (Å²) in [5, 5.41) is 23.6. The highest BCUT2D eigenvalue weighted by molar-refractivity contribution is 6.12. The molecule has 0 bridgehead atoms. The SMILES string of the molecule is [C-]#[N+]c1ccc2c(c1)c1ccccc1n2-c1ccc(-c2c(C)cccc2C(F)(F)F)c(-c2cc(C#N)ccc2-n2c3ccccc3c3cc(C#N)ccc32)c1. The van der Waals surface area contributed by atoms with Gasteiger partial charge in [0.25, 0.3) is 0 Å². The predicted octanol–water partition coefficient (Wildman–Crippen LogP) is 12.8. The lowest BCUT2D eigenvalue weighted by atomic mass is 9.87. The van der Waals surface area contributed by atoms with E-state index in [2.05, 4.69) is 21.6 Å². The molecule has 0 atom stereocenters. The number of fused-ring (bicyclic) bond motifs is 6. The van der Waals surface area contributed by atoms with Gasteiger partial charge in [0, 0.05) is 27.4 Å². The molecule has 0 aliphatic heterocycles. The van der Waals surface area contributed by atoms with E-state index in [9.17, 15) is 23.7 Å². The fraction of sp³-hybridized carbons (Fsp3) is 0.0426. The quantitative estimate of drug-likeness (QED) is 0.170. The standard InChI is InChI=1S/C47H26F3N5/c1-28-8-7-11-40(47(48,49)50)46(28)35-18-17-32(54-41-12-5-3-10-34(41)39-24-31(53-2)16-21-43(39)54)25-36(35)38-23-30(27-52)15-20-45(38)55-42-13-6-4-9-33(42)37-22-29(26-51)14-19-44(37)55/h3-25H,1H3. The molecule has 2 aromatic heterocycles. The molecular weight excluding hydrogens is 692 g/mol. The fourth-order valence-electron chi connectivity index (χ4n) is 8.00. The van der Waals surface area contributed by atoms with Crippen molar-refractivity contribution >= 4 is 49.3 Å². The van der Waals surface area contributed by atoms with Gasteiger partial charge in [0.2, 0.25) is 0 Å². The van der Waals surface area contributed by atoms with Crippen LogP contribution in [-0.2, 0) is 6.18 Å². The Kier molecular flexibility index (Phi) is 7.57. The van der Waals surface area contributed by atoms with Crippen LogP contribution in [0.3, 0.4) is 0 Å². The van der Waals surface area contributed by atoms with Gasteiger partial charge in [-0.05, 0) is 113 Å². The third kappa shape index (κ3) is 5.22. The van der Waals surface area contributed by atoms with Crippen molar-refractivity contribution in [3.05, 3.63) is 173 Å². The first-order valence-corrected chi connectivity index (χ1v) is 17.4. The largest absolute Gasteiger partial charge is 0.417 e. The van der Waals surface area contributed by atoms with Crippen LogP contribution in [0.5, 0.6) is 0 Å². The Hall–Kier alpha value is -7.60. The summed E-state index contributed by atoms with van der Waals surface area (Å²) >= 11 is 0. The van der Waals surface area contributed by atoms with E-state index in [1.165, 1.54) is 6.07 Å². The maximum atomic E-state index is 14.9. The number of nitrogens with zero attached hydrogens (tertiary/aromatic N) is 5. The number of hydrogen-bond donors (Lipinski definition) is 0. The van der Waals surface area contributed by atoms with Gasteiger partial charge in [-0.2, -0.15) is 23.7 Å². The number of alkyl halides is 3. The Morgan fingerprint density at radius 3 is 1.89 bits per heavy atom. The molecule has 0 saturated heterocycles. The molecule has 0 unspecified atom stereocenters. The van der Waals surface area contributed by atoms with E-state index >= 15 is 0 Å². The summed E-state index contributed by atoms with van der Waals surface area (Å²) in [6.07, 6.45) is -4.65. The van der Waals surface area contributed by atoms with E-state index < -0.39 is 11.7 Å². The number of aromatic nitrogens is 2. The van der Waals surface area contributed by atoms with Crippen molar-refractivity contribution in [3.63, 3.8) is 0 Å². The molecule has 0 aliphatic carbocycles. The maximum Gasteiger partial charge on any atom is 0.417 e. The molecule has 0 radical (unpaired) electrons. The van der Waals surface area contributed by atoms with E-state index in [1.807, 2.05) is 95.6 Å². The van der Waals surface area contributed by atoms with E-state index in [-0.39, 0.29) is 5.56 Å². The fourth-order valence-corrected chi connectivity index (χ4v) is 8.00. The molecule has 0 spiro atoms. The van der Waals surface area contributed by atoms with Gasteiger partial charge >= 0.3 is 6.18 Å². The summed E-state index contributed by atoms with van der Waals surface area (Å²) in [4.78, 5) is 3.65. The third-order valence-corrected chi connectivity index (χ3v) is 10.4. The van der Waals surface area contributed by atoms with Gasteiger partial charge in [-0.15, -0.1) is 0 Å². The molecule has 260 valence electrons. The van der Waals surface area contributed by atoms with Gasteiger partial charge in [-0.3, -0.25) is 0 Å². The number of nitriles is 2. The lowest BCUT2D eigenvalue weighted by molar-refractivity contribution is -0.137. The number of rotatable bonds is 4. The zero-order chi connectivity index (χ0) is 38.0. The topological polar surface area (TPSA) is 61.8 Å². The minimum absolute atomic E-state index is 0.0506. The van der Waals surface area contributed by atoms with Crippen molar-refractivity contribution in [2.24, 2.45) is 0 Å². The summed E-state index contributed by atoms with van der Waals surface area (Å²) < 4.78 is 48.8. The number of hydrogen-bond acceptors (Lipinski definition) is 2. The normalized spacial score (nSPS) is 11.6. The second-order valence-corrected chi connectivity index (χ2v) is 13.4. The number of para-hydroxylation sites is 2. The first kappa shape index (κ1) is 33.3. The highest BCUT2D eigenvalue weighted by Gasteiger charge is 2.35. The first-order valence-electron chi connectivity index (χ1n) is 17.4. The highest BCUT2D eigenvalue weighted by atomic mass is 19.4. The Bertz CT molecular complexity index is 3200. The number of benzene rings is 7. The van der Waals surface area contributed by atoms with Gasteiger partial charge in [0.1, 0.15) is 0 Å². The van der Waals surface area contributed by atoms with Crippen LogP contribution in [-0.4, -0.2) is 9.13 Å². The molecule has 2 heterocycles. The Morgan fingerprint density at radius 2 is 1.18 bits per heavy atom. The monoisotopic (exact) mass is 717 g/mol. The minimum atomic E-state index is -4.65. The van der Waals surface area contributed by atoms with Crippen molar-refractivity contribution in [2.75, 3.05) is 0 Å². The van der Waals surface area contributed by atoms with Crippen LogP contribution < -0.4 is 0 Å². The molecule has 5 nitrogen and oxygen atoms in total. The third-order valence-electron chi connectivity index (χ3n) is 10.4. The lowest BCUT2D eigenvalue weighted by Crippen LogP contribution is -2.09. The molecule has 7 aromatic carbocycles.